The van der Waals surface area contributed by atoms with Crippen LogP contribution in [0.25, 0.3) is 0 Å². The van der Waals surface area contributed by atoms with Gasteiger partial charge in [0.25, 0.3) is 0 Å². The van der Waals surface area contributed by atoms with Crippen LogP contribution in [0.1, 0.15) is 11.1 Å². The minimum Gasteiger partial charge on any atom is -0.493 e. The summed E-state index contributed by atoms with van der Waals surface area (Å²) < 4.78 is 10.7. The zero-order valence-electron chi connectivity index (χ0n) is 12.2. The van der Waals surface area contributed by atoms with Crippen LogP contribution in [0.4, 0.5) is 11.6 Å². The van der Waals surface area contributed by atoms with Crippen LogP contribution >= 0.6 is 0 Å². The normalized spacial score (nSPS) is 13.7. The summed E-state index contributed by atoms with van der Waals surface area (Å²) in [5.41, 5.74) is 8.08. The first kappa shape index (κ1) is 13.5. The van der Waals surface area contributed by atoms with E-state index >= 15 is 0 Å². The summed E-state index contributed by atoms with van der Waals surface area (Å²) in [5, 5.41) is 0. The monoisotopic (exact) mass is 286 g/mol. The molecule has 6 nitrogen and oxygen atoms in total. The number of hydrogen-bond acceptors (Lipinski definition) is 6. The Morgan fingerprint density at radius 1 is 1.05 bits per heavy atom. The van der Waals surface area contributed by atoms with Crippen molar-refractivity contribution < 1.29 is 9.47 Å². The zero-order valence-corrected chi connectivity index (χ0v) is 12.2. The molecule has 2 aromatic rings. The molecule has 2 heterocycles. The van der Waals surface area contributed by atoms with Crippen LogP contribution in [-0.4, -0.2) is 30.7 Å². The molecule has 3 rings (SSSR count). The maximum Gasteiger partial charge on any atom is 0.161 e. The molecule has 0 spiro atoms. The predicted octanol–water partition coefficient (Wildman–Crippen LogP) is 1.64. The van der Waals surface area contributed by atoms with Crippen molar-refractivity contribution in [2.24, 2.45) is 0 Å². The number of ether oxygens (including phenoxy) is 2. The third-order valence-electron chi connectivity index (χ3n) is 3.70. The van der Waals surface area contributed by atoms with E-state index in [1.807, 2.05) is 6.07 Å². The van der Waals surface area contributed by atoms with Crippen LogP contribution in [0.2, 0.25) is 0 Å². The number of anilines is 2. The molecular weight excluding hydrogens is 268 g/mol. The second kappa shape index (κ2) is 5.47. The third kappa shape index (κ3) is 2.56. The highest BCUT2D eigenvalue weighted by atomic mass is 16.5. The summed E-state index contributed by atoms with van der Waals surface area (Å²) in [5.74, 6) is 2.80. The van der Waals surface area contributed by atoms with Gasteiger partial charge in [-0.3, -0.25) is 0 Å². The second-order valence-electron chi connectivity index (χ2n) is 4.95. The van der Waals surface area contributed by atoms with Gasteiger partial charge in [0.2, 0.25) is 0 Å². The quantitative estimate of drug-likeness (QED) is 0.924. The van der Waals surface area contributed by atoms with Gasteiger partial charge in [-0.2, -0.15) is 0 Å². The summed E-state index contributed by atoms with van der Waals surface area (Å²) in [4.78, 5) is 10.6. The molecule has 21 heavy (non-hydrogen) atoms. The Bertz CT molecular complexity index is 643. The molecule has 6 heteroatoms. The van der Waals surface area contributed by atoms with Crippen molar-refractivity contribution in [3.05, 3.63) is 35.7 Å². The van der Waals surface area contributed by atoms with Gasteiger partial charge in [0.1, 0.15) is 11.6 Å². The molecule has 0 amide bonds. The number of benzene rings is 1. The van der Waals surface area contributed by atoms with Gasteiger partial charge < -0.3 is 20.1 Å². The van der Waals surface area contributed by atoms with Crippen molar-refractivity contribution in [1.82, 2.24) is 9.97 Å². The van der Waals surface area contributed by atoms with Gasteiger partial charge in [-0.05, 0) is 29.7 Å². The molecular formula is C15H18N4O2. The van der Waals surface area contributed by atoms with Crippen molar-refractivity contribution >= 4 is 11.6 Å². The van der Waals surface area contributed by atoms with Crippen molar-refractivity contribution in [3.8, 4) is 11.5 Å². The maximum absolute atomic E-state index is 5.58. The number of aromatic nitrogens is 2. The number of rotatable bonds is 3. The number of nitrogens with two attached hydrogens (primary N) is 1. The highest BCUT2D eigenvalue weighted by molar-refractivity contribution is 5.51. The zero-order chi connectivity index (χ0) is 14.8. The first-order chi connectivity index (χ1) is 10.2. The van der Waals surface area contributed by atoms with E-state index in [4.69, 9.17) is 15.2 Å². The van der Waals surface area contributed by atoms with Gasteiger partial charge in [0.05, 0.1) is 26.6 Å². The molecule has 0 bridgehead atoms. The van der Waals surface area contributed by atoms with E-state index in [0.717, 1.165) is 36.8 Å². The minimum atomic E-state index is 0.433. The molecule has 1 aliphatic heterocycles. The molecule has 0 saturated heterocycles. The number of nitrogens with zero attached hydrogens (tertiary/aromatic N) is 3. The van der Waals surface area contributed by atoms with E-state index in [1.54, 1.807) is 26.6 Å². The van der Waals surface area contributed by atoms with Crippen LogP contribution in [0.15, 0.2) is 24.5 Å². The predicted molar refractivity (Wildman–Crippen MR) is 80.7 cm³/mol. The fraction of sp³-hybridized carbons (Fsp3) is 0.333. The molecule has 1 aromatic heterocycles. The second-order valence-corrected chi connectivity index (χ2v) is 4.95. The van der Waals surface area contributed by atoms with E-state index in [2.05, 4.69) is 20.9 Å². The highest BCUT2D eigenvalue weighted by Gasteiger charge is 2.20. The smallest absolute Gasteiger partial charge is 0.161 e. The van der Waals surface area contributed by atoms with Gasteiger partial charge >= 0.3 is 0 Å². The minimum absolute atomic E-state index is 0.433. The molecule has 0 atom stereocenters. The Hall–Kier alpha value is -2.50. The van der Waals surface area contributed by atoms with Gasteiger partial charge in [-0.1, -0.05) is 0 Å². The van der Waals surface area contributed by atoms with Crippen LogP contribution in [0, 0.1) is 0 Å². The fourth-order valence-electron chi connectivity index (χ4n) is 2.57. The van der Waals surface area contributed by atoms with Gasteiger partial charge in [0.15, 0.2) is 11.5 Å². The van der Waals surface area contributed by atoms with E-state index in [1.165, 1.54) is 11.1 Å². The Morgan fingerprint density at radius 3 is 2.38 bits per heavy atom. The maximum atomic E-state index is 5.58. The van der Waals surface area contributed by atoms with Crippen molar-refractivity contribution in [1.29, 1.82) is 0 Å². The van der Waals surface area contributed by atoms with Crippen LogP contribution in [0.5, 0.6) is 11.5 Å². The molecule has 1 aromatic carbocycles. The standard InChI is InChI=1S/C15H18N4O2/c1-20-12-5-10-3-4-19(9-11(10)6-13(12)21-2)15-8-17-14(16)7-18-15/h5-8H,3-4,9H2,1-2H3,(H2,16,17). The largest absolute Gasteiger partial charge is 0.493 e. The molecule has 0 unspecified atom stereocenters. The first-order valence-electron chi connectivity index (χ1n) is 6.77. The lowest BCUT2D eigenvalue weighted by Crippen LogP contribution is -2.31. The number of nitrogen functional groups attached to an aromatic ring is 1. The molecule has 2 N–H and O–H groups in total. The van der Waals surface area contributed by atoms with Crippen LogP contribution in [-0.2, 0) is 13.0 Å². The van der Waals surface area contributed by atoms with Crippen molar-refractivity contribution in [3.63, 3.8) is 0 Å². The summed E-state index contributed by atoms with van der Waals surface area (Å²) >= 11 is 0. The average Bonchev–Trinajstić information content (AvgIpc) is 2.53. The highest BCUT2D eigenvalue weighted by Crippen LogP contribution is 2.33. The van der Waals surface area contributed by atoms with Crippen LogP contribution in [0.3, 0.4) is 0 Å². The Balaban J connectivity index is 1.89. The fourth-order valence-corrected chi connectivity index (χ4v) is 2.57. The molecule has 1 aliphatic rings. The van der Waals surface area contributed by atoms with Crippen molar-refractivity contribution in [2.45, 2.75) is 13.0 Å². The average molecular weight is 286 g/mol. The van der Waals surface area contributed by atoms with Crippen LogP contribution < -0.4 is 20.1 Å². The molecule has 0 saturated carbocycles. The number of hydrogen-bond donors (Lipinski definition) is 1. The van der Waals surface area contributed by atoms with E-state index in [9.17, 15) is 0 Å². The Morgan fingerprint density at radius 2 is 1.76 bits per heavy atom. The van der Waals surface area contributed by atoms with E-state index in [0.29, 0.717) is 5.82 Å². The summed E-state index contributed by atoms with van der Waals surface area (Å²) in [6.45, 7) is 1.66. The Kier molecular flexibility index (Phi) is 3.51. The number of methoxy groups -OCH3 is 2. The topological polar surface area (TPSA) is 73.5 Å². The lowest BCUT2D eigenvalue weighted by Gasteiger charge is -2.30. The lowest BCUT2D eigenvalue weighted by molar-refractivity contribution is 0.353. The van der Waals surface area contributed by atoms with Gasteiger partial charge in [-0.25, -0.2) is 9.97 Å². The Labute approximate surface area is 123 Å². The first-order valence-corrected chi connectivity index (χ1v) is 6.77. The summed E-state index contributed by atoms with van der Waals surface area (Å²) in [7, 11) is 3.31. The summed E-state index contributed by atoms with van der Waals surface area (Å²) in [6, 6.07) is 4.09. The number of fused-ring (bicyclic) bond motifs is 1. The lowest BCUT2D eigenvalue weighted by atomic mass is 9.99. The molecule has 110 valence electrons. The molecule has 0 fully saturated rings. The van der Waals surface area contributed by atoms with Gasteiger partial charge in [0, 0.05) is 13.1 Å². The third-order valence-corrected chi connectivity index (χ3v) is 3.70. The SMILES string of the molecule is COc1cc2c(cc1OC)CN(c1cnc(N)cn1)CC2. The van der Waals surface area contributed by atoms with Crippen molar-refractivity contribution in [2.75, 3.05) is 31.4 Å². The van der Waals surface area contributed by atoms with E-state index in [-0.39, 0.29) is 0 Å². The van der Waals surface area contributed by atoms with Gasteiger partial charge in [-0.15, -0.1) is 0 Å². The molecule has 0 aliphatic carbocycles. The van der Waals surface area contributed by atoms with E-state index < -0.39 is 0 Å². The molecule has 0 radical (unpaired) electrons. The summed E-state index contributed by atoms with van der Waals surface area (Å²) in [6.07, 6.45) is 4.22.